The van der Waals surface area contributed by atoms with Crippen LogP contribution in [0.3, 0.4) is 0 Å². The highest BCUT2D eigenvalue weighted by atomic mass is 16.2. The van der Waals surface area contributed by atoms with Gasteiger partial charge < -0.3 is 16.8 Å². The van der Waals surface area contributed by atoms with Crippen molar-refractivity contribution in [2.75, 3.05) is 0 Å². The molecule has 0 aromatic heterocycles. The van der Waals surface area contributed by atoms with Crippen LogP contribution in [0.15, 0.2) is 0 Å². The minimum atomic E-state index is -0.908. The van der Waals surface area contributed by atoms with E-state index in [-0.39, 0.29) is 11.9 Å². The maximum Gasteiger partial charge on any atom is 0.243 e. The van der Waals surface area contributed by atoms with Gasteiger partial charge in [0.2, 0.25) is 11.8 Å². The Balaban J connectivity index is 4.41. The summed E-state index contributed by atoms with van der Waals surface area (Å²) in [5.41, 5.74) is 9.97. The molecule has 1 unspecified atom stereocenters. The Kier molecular flexibility index (Phi) is 6.03. The minimum absolute atomic E-state index is 0.0167. The molecule has 16 heavy (non-hydrogen) atoms. The van der Waals surface area contributed by atoms with Crippen molar-refractivity contribution in [3.8, 4) is 0 Å². The molecule has 5 N–H and O–H groups in total. The number of rotatable bonds is 7. The van der Waals surface area contributed by atoms with E-state index in [4.69, 9.17) is 11.5 Å². The average molecular weight is 229 g/mol. The van der Waals surface area contributed by atoms with Crippen LogP contribution in [-0.4, -0.2) is 23.4 Å². The van der Waals surface area contributed by atoms with Gasteiger partial charge >= 0.3 is 0 Å². The van der Waals surface area contributed by atoms with Gasteiger partial charge in [0.05, 0.1) is 0 Å². The second-order valence-corrected chi connectivity index (χ2v) is 4.22. The summed E-state index contributed by atoms with van der Waals surface area (Å²) in [6, 6.07) is -0.0167. The van der Waals surface area contributed by atoms with Gasteiger partial charge in [-0.2, -0.15) is 0 Å². The van der Waals surface area contributed by atoms with Crippen LogP contribution < -0.4 is 16.8 Å². The number of primary amides is 1. The zero-order chi connectivity index (χ0) is 12.8. The first-order valence-corrected chi connectivity index (χ1v) is 5.74. The molecule has 2 amide bonds. The molecule has 0 aromatic rings. The Hall–Kier alpha value is -1.10. The summed E-state index contributed by atoms with van der Waals surface area (Å²) in [7, 11) is 0. The number of carbonyl (C=O) groups excluding carboxylic acids is 2. The fraction of sp³-hybridized carbons (Fsp3) is 0.818. The summed E-state index contributed by atoms with van der Waals surface area (Å²) in [6.07, 6.45) is 1.94. The summed E-state index contributed by atoms with van der Waals surface area (Å²) in [5.74, 6) is -0.647. The Morgan fingerprint density at radius 1 is 1.31 bits per heavy atom. The van der Waals surface area contributed by atoms with Crippen molar-refractivity contribution in [1.82, 2.24) is 5.32 Å². The molecule has 5 nitrogen and oxygen atoms in total. The third-order valence-corrected chi connectivity index (χ3v) is 2.88. The summed E-state index contributed by atoms with van der Waals surface area (Å²) < 4.78 is 0. The molecule has 0 rings (SSSR count). The van der Waals surface area contributed by atoms with Crippen LogP contribution in [0.5, 0.6) is 0 Å². The van der Waals surface area contributed by atoms with Crippen molar-refractivity contribution in [3.05, 3.63) is 0 Å². The molecule has 5 heteroatoms. The van der Waals surface area contributed by atoms with E-state index in [0.717, 1.165) is 0 Å². The zero-order valence-corrected chi connectivity index (χ0v) is 10.4. The standard InChI is InChI=1S/C11H23N3O2/c1-4-11(5-2,10(13)16)14-9(15)7-6-8(3)12/h8H,4-7,12H2,1-3H3,(H2,13,16)(H,14,15). The van der Waals surface area contributed by atoms with E-state index in [2.05, 4.69) is 5.32 Å². The fourth-order valence-electron chi connectivity index (χ4n) is 1.52. The molecule has 0 aromatic carbocycles. The van der Waals surface area contributed by atoms with Crippen molar-refractivity contribution in [2.45, 2.75) is 58.0 Å². The molecule has 0 aliphatic carbocycles. The topological polar surface area (TPSA) is 98.2 Å². The van der Waals surface area contributed by atoms with Gasteiger partial charge in [0.15, 0.2) is 0 Å². The summed E-state index contributed by atoms with van der Waals surface area (Å²) in [6.45, 7) is 5.51. The molecule has 0 radical (unpaired) electrons. The van der Waals surface area contributed by atoms with E-state index in [9.17, 15) is 9.59 Å². The highest BCUT2D eigenvalue weighted by Gasteiger charge is 2.34. The van der Waals surface area contributed by atoms with Crippen LogP contribution in [0.1, 0.15) is 46.5 Å². The quantitative estimate of drug-likeness (QED) is 0.584. The smallest absolute Gasteiger partial charge is 0.243 e. The molecular weight excluding hydrogens is 206 g/mol. The Labute approximate surface area is 96.9 Å². The highest BCUT2D eigenvalue weighted by Crippen LogP contribution is 2.14. The molecular formula is C11H23N3O2. The molecule has 0 saturated carbocycles. The predicted molar refractivity (Wildman–Crippen MR) is 63.5 cm³/mol. The van der Waals surface area contributed by atoms with Crippen LogP contribution in [0.25, 0.3) is 0 Å². The Morgan fingerprint density at radius 2 is 1.81 bits per heavy atom. The summed E-state index contributed by atoms with van der Waals surface area (Å²) in [4.78, 5) is 23.0. The number of nitrogens with two attached hydrogens (primary N) is 2. The van der Waals surface area contributed by atoms with Gasteiger partial charge in [0, 0.05) is 12.5 Å². The molecule has 0 heterocycles. The maximum atomic E-state index is 11.6. The SMILES string of the molecule is CCC(CC)(NC(=O)CCC(C)N)C(N)=O. The first-order chi connectivity index (χ1) is 7.38. The van der Waals surface area contributed by atoms with E-state index in [1.54, 1.807) is 0 Å². The molecule has 0 aliphatic heterocycles. The molecule has 0 bridgehead atoms. The molecule has 0 aliphatic rings. The molecule has 0 spiro atoms. The number of carbonyl (C=O) groups is 2. The number of hydrogen-bond donors (Lipinski definition) is 3. The molecule has 0 fully saturated rings. The van der Waals surface area contributed by atoms with E-state index in [1.165, 1.54) is 0 Å². The number of nitrogens with one attached hydrogen (secondary N) is 1. The maximum absolute atomic E-state index is 11.6. The monoisotopic (exact) mass is 229 g/mol. The molecule has 1 atom stereocenters. The lowest BCUT2D eigenvalue weighted by molar-refractivity contribution is -0.132. The third-order valence-electron chi connectivity index (χ3n) is 2.88. The lowest BCUT2D eigenvalue weighted by atomic mass is 9.91. The van der Waals surface area contributed by atoms with Gasteiger partial charge in [-0.3, -0.25) is 9.59 Å². The van der Waals surface area contributed by atoms with Crippen LogP contribution in [-0.2, 0) is 9.59 Å². The second kappa shape index (κ2) is 6.48. The Morgan fingerprint density at radius 3 is 2.12 bits per heavy atom. The van der Waals surface area contributed by atoms with E-state index in [1.807, 2.05) is 20.8 Å². The first-order valence-electron chi connectivity index (χ1n) is 5.74. The van der Waals surface area contributed by atoms with Crippen molar-refractivity contribution < 1.29 is 9.59 Å². The van der Waals surface area contributed by atoms with E-state index in [0.29, 0.717) is 25.7 Å². The van der Waals surface area contributed by atoms with Crippen molar-refractivity contribution in [1.29, 1.82) is 0 Å². The third kappa shape index (κ3) is 4.18. The normalized spacial score (nSPS) is 13.2. The number of amides is 2. The average Bonchev–Trinajstić information content (AvgIpc) is 2.22. The zero-order valence-electron chi connectivity index (χ0n) is 10.4. The van der Waals surface area contributed by atoms with Crippen LogP contribution in [0, 0.1) is 0 Å². The lowest BCUT2D eigenvalue weighted by Gasteiger charge is -2.29. The first kappa shape index (κ1) is 14.9. The van der Waals surface area contributed by atoms with E-state index < -0.39 is 11.4 Å². The van der Waals surface area contributed by atoms with Gasteiger partial charge in [-0.15, -0.1) is 0 Å². The molecule has 94 valence electrons. The van der Waals surface area contributed by atoms with Crippen molar-refractivity contribution in [3.63, 3.8) is 0 Å². The van der Waals surface area contributed by atoms with Gasteiger partial charge in [-0.25, -0.2) is 0 Å². The van der Waals surface area contributed by atoms with Crippen LogP contribution in [0.4, 0.5) is 0 Å². The van der Waals surface area contributed by atoms with Crippen LogP contribution >= 0.6 is 0 Å². The van der Waals surface area contributed by atoms with Crippen molar-refractivity contribution in [2.24, 2.45) is 11.5 Å². The van der Waals surface area contributed by atoms with Crippen molar-refractivity contribution >= 4 is 11.8 Å². The van der Waals surface area contributed by atoms with Gasteiger partial charge in [0.25, 0.3) is 0 Å². The van der Waals surface area contributed by atoms with Gasteiger partial charge in [-0.05, 0) is 26.2 Å². The lowest BCUT2D eigenvalue weighted by Crippen LogP contribution is -2.56. The van der Waals surface area contributed by atoms with E-state index >= 15 is 0 Å². The fourth-order valence-corrected chi connectivity index (χ4v) is 1.52. The Bertz CT molecular complexity index is 248. The predicted octanol–water partition coefficient (Wildman–Crippen LogP) is 0.274. The molecule has 0 saturated heterocycles. The highest BCUT2D eigenvalue weighted by molar-refractivity contribution is 5.90. The van der Waals surface area contributed by atoms with Gasteiger partial charge in [-0.1, -0.05) is 13.8 Å². The van der Waals surface area contributed by atoms with Gasteiger partial charge in [0.1, 0.15) is 5.54 Å². The largest absolute Gasteiger partial charge is 0.368 e. The minimum Gasteiger partial charge on any atom is -0.368 e. The second-order valence-electron chi connectivity index (χ2n) is 4.22. The summed E-state index contributed by atoms with van der Waals surface area (Å²) >= 11 is 0. The number of hydrogen-bond acceptors (Lipinski definition) is 3. The summed E-state index contributed by atoms with van der Waals surface area (Å²) in [5, 5.41) is 2.72. The van der Waals surface area contributed by atoms with Crippen LogP contribution in [0.2, 0.25) is 0 Å².